The van der Waals surface area contributed by atoms with Gasteiger partial charge in [0, 0.05) is 23.9 Å². The number of esters is 1. The molecule has 0 saturated carbocycles. The number of nitrogens with one attached hydrogen (secondary N) is 1. The van der Waals surface area contributed by atoms with Crippen molar-refractivity contribution in [3.05, 3.63) is 58.6 Å². The highest BCUT2D eigenvalue weighted by atomic mass is 35.5. The first-order valence-electron chi connectivity index (χ1n) is 10.6. The summed E-state index contributed by atoms with van der Waals surface area (Å²) in [6.45, 7) is 5.40. The lowest BCUT2D eigenvalue weighted by atomic mass is 9.73. The maximum Gasteiger partial charge on any atom is 0.341 e. The molecule has 2 aromatic rings. The Bertz CT molecular complexity index is 924. The molecular weight excluding hydrogens is 418 g/mol. The summed E-state index contributed by atoms with van der Waals surface area (Å²) in [7, 11) is 0. The number of amides is 1. The molecule has 1 fully saturated rings. The van der Waals surface area contributed by atoms with Crippen LogP contribution in [0.15, 0.2) is 42.5 Å². The molecule has 2 aromatic carbocycles. The molecule has 0 atom stereocenters. The van der Waals surface area contributed by atoms with Crippen molar-refractivity contribution >= 4 is 29.2 Å². The van der Waals surface area contributed by atoms with Crippen molar-refractivity contribution in [1.29, 1.82) is 0 Å². The van der Waals surface area contributed by atoms with Gasteiger partial charge < -0.3 is 19.5 Å². The normalized spacial score (nSPS) is 15.2. The lowest BCUT2D eigenvalue weighted by Crippen LogP contribution is -2.45. The number of halogens is 1. The molecule has 1 aliphatic rings. The van der Waals surface area contributed by atoms with Crippen LogP contribution in [0.2, 0.25) is 5.02 Å². The molecule has 6 nitrogen and oxygen atoms in total. The number of anilines is 1. The summed E-state index contributed by atoms with van der Waals surface area (Å²) in [5.74, 6) is -0.234. The van der Waals surface area contributed by atoms with Crippen LogP contribution >= 0.6 is 11.6 Å². The van der Waals surface area contributed by atoms with Crippen LogP contribution in [0.4, 0.5) is 5.69 Å². The van der Waals surface area contributed by atoms with E-state index in [0.29, 0.717) is 49.1 Å². The second-order valence-corrected chi connectivity index (χ2v) is 7.82. The van der Waals surface area contributed by atoms with Gasteiger partial charge >= 0.3 is 5.97 Å². The standard InChI is InChI=1S/C24H28ClNO5/c1-3-13-31-21-10-9-17(16-18(21)22(27)30-4-2)26-23(28)24(11-14-29-15-12-24)19-7-5-6-8-20(19)25/h5-10,16H,3-4,11-15H2,1-2H3,(H,26,28). The van der Waals surface area contributed by atoms with Crippen LogP contribution in [0.25, 0.3) is 0 Å². The van der Waals surface area contributed by atoms with E-state index in [1.54, 1.807) is 31.2 Å². The molecule has 0 unspecified atom stereocenters. The van der Waals surface area contributed by atoms with Crippen LogP contribution in [0.5, 0.6) is 5.75 Å². The van der Waals surface area contributed by atoms with E-state index in [2.05, 4.69) is 5.32 Å². The third-order valence-corrected chi connectivity index (χ3v) is 5.69. The first-order valence-corrected chi connectivity index (χ1v) is 11.0. The molecule has 0 radical (unpaired) electrons. The van der Waals surface area contributed by atoms with Crippen LogP contribution in [0, 0.1) is 0 Å². The lowest BCUT2D eigenvalue weighted by Gasteiger charge is -2.36. The molecule has 0 spiro atoms. The summed E-state index contributed by atoms with van der Waals surface area (Å²) >= 11 is 6.47. The summed E-state index contributed by atoms with van der Waals surface area (Å²) < 4.78 is 16.4. The minimum atomic E-state index is -0.807. The van der Waals surface area contributed by atoms with Gasteiger partial charge in [0.25, 0.3) is 0 Å². The molecule has 166 valence electrons. The summed E-state index contributed by atoms with van der Waals surface area (Å²) in [5.41, 5.74) is 0.755. The average Bonchev–Trinajstić information content (AvgIpc) is 2.79. The van der Waals surface area contributed by atoms with E-state index >= 15 is 0 Å². The van der Waals surface area contributed by atoms with Crippen LogP contribution in [-0.2, 0) is 19.7 Å². The predicted octanol–water partition coefficient (Wildman–Crippen LogP) is 4.99. The second-order valence-electron chi connectivity index (χ2n) is 7.41. The van der Waals surface area contributed by atoms with Crippen molar-refractivity contribution in [2.45, 2.75) is 38.5 Å². The van der Waals surface area contributed by atoms with E-state index in [4.69, 9.17) is 25.8 Å². The van der Waals surface area contributed by atoms with Crippen LogP contribution in [0.1, 0.15) is 49.0 Å². The van der Waals surface area contributed by atoms with Crippen molar-refractivity contribution in [3.8, 4) is 5.75 Å². The highest BCUT2D eigenvalue weighted by Crippen LogP contribution is 2.40. The molecule has 0 aliphatic carbocycles. The van der Waals surface area contributed by atoms with E-state index in [1.807, 2.05) is 25.1 Å². The van der Waals surface area contributed by atoms with Gasteiger partial charge in [0.1, 0.15) is 11.3 Å². The minimum absolute atomic E-state index is 0.180. The molecule has 7 heteroatoms. The highest BCUT2D eigenvalue weighted by molar-refractivity contribution is 6.31. The van der Waals surface area contributed by atoms with Gasteiger partial charge in [-0.15, -0.1) is 0 Å². The van der Waals surface area contributed by atoms with E-state index in [-0.39, 0.29) is 18.1 Å². The van der Waals surface area contributed by atoms with Gasteiger partial charge in [-0.3, -0.25) is 4.79 Å². The number of benzene rings is 2. The van der Waals surface area contributed by atoms with Gasteiger partial charge in [-0.05, 0) is 56.0 Å². The van der Waals surface area contributed by atoms with E-state index in [9.17, 15) is 9.59 Å². The van der Waals surface area contributed by atoms with Gasteiger partial charge in [-0.2, -0.15) is 0 Å². The molecule has 1 aliphatic heterocycles. The average molecular weight is 446 g/mol. The number of hydrogen-bond donors (Lipinski definition) is 1. The summed E-state index contributed by atoms with van der Waals surface area (Å²) in [4.78, 5) is 26.0. The Morgan fingerprint density at radius 1 is 1.13 bits per heavy atom. The number of ether oxygens (including phenoxy) is 3. The number of hydrogen-bond acceptors (Lipinski definition) is 5. The molecule has 1 amide bonds. The zero-order chi connectivity index (χ0) is 22.3. The fourth-order valence-electron chi connectivity index (χ4n) is 3.75. The second kappa shape index (κ2) is 10.6. The Labute approximate surface area is 187 Å². The van der Waals surface area contributed by atoms with E-state index in [1.165, 1.54) is 0 Å². The molecular formula is C24H28ClNO5. The van der Waals surface area contributed by atoms with Crippen molar-refractivity contribution < 1.29 is 23.8 Å². The van der Waals surface area contributed by atoms with Crippen LogP contribution in [-0.4, -0.2) is 38.3 Å². The molecule has 31 heavy (non-hydrogen) atoms. The Morgan fingerprint density at radius 2 is 1.87 bits per heavy atom. The molecule has 0 aromatic heterocycles. The lowest BCUT2D eigenvalue weighted by molar-refractivity contribution is -0.125. The SMILES string of the molecule is CCCOc1ccc(NC(=O)C2(c3ccccc3Cl)CCOCC2)cc1C(=O)OCC. The van der Waals surface area contributed by atoms with Crippen molar-refractivity contribution in [2.75, 3.05) is 31.7 Å². The summed E-state index contributed by atoms with van der Waals surface area (Å²) in [6, 6.07) is 12.4. The fraction of sp³-hybridized carbons (Fsp3) is 0.417. The van der Waals surface area contributed by atoms with Gasteiger partial charge in [0.15, 0.2) is 0 Å². The maximum atomic E-state index is 13.5. The van der Waals surface area contributed by atoms with Gasteiger partial charge in [-0.1, -0.05) is 36.7 Å². The first kappa shape index (κ1) is 23.1. The van der Waals surface area contributed by atoms with E-state index in [0.717, 1.165) is 12.0 Å². The molecule has 3 rings (SSSR count). The minimum Gasteiger partial charge on any atom is -0.493 e. The number of rotatable bonds is 8. The predicted molar refractivity (Wildman–Crippen MR) is 120 cm³/mol. The Kier molecular flexibility index (Phi) is 7.93. The van der Waals surface area contributed by atoms with E-state index < -0.39 is 11.4 Å². The highest BCUT2D eigenvalue weighted by Gasteiger charge is 2.43. The van der Waals surface area contributed by atoms with Crippen LogP contribution < -0.4 is 10.1 Å². The molecule has 0 bridgehead atoms. The quantitative estimate of drug-likeness (QED) is 0.579. The zero-order valence-corrected chi connectivity index (χ0v) is 18.7. The summed E-state index contributed by atoms with van der Waals surface area (Å²) in [5, 5.41) is 3.53. The Balaban J connectivity index is 1.92. The molecule has 1 heterocycles. The number of carbonyl (C=O) groups is 2. The summed E-state index contributed by atoms with van der Waals surface area (Å²) in [6.07, 6.45) is 1.85. The van der Waals surface area contributed by atoms with Crippen molar-refractivity contribution in [2.24, 2.45) is 0 Å². The fourth-order valence-corrected chi connectivity index (χ4v) is 4.07. The topological polar surface area (TPSA) is 73.9 Å². The van der Waals surface area contributed by atoms with Gasteiger partial charge in [0.05, 0.1) is 18.6 Å². The molecule has 1 saturated heterocycles. The van der Waals surface area contributed by atoms with Gasteiger partial charge in [-0.25, -0.2) is 4.79 Å². The Hall–Kier alpha value is -2.57. The van der Waals surface area contributed by atoms with Gasteiger partial charge in [0.2, 0.25) is 5.91 Å². The monoisotopic (exact) mass is 445 g/mol. The zero-order valence-electron chi connectivity index (χ0n) is 17.9. The number of carbonyl (C=O) groups excluding carboxylic acids is 2. The largest absolute Gasteiger partial charge is 0.493 e. The van der Waals surface area contributed by atoms with Crippen molar-refractivity contribution in [3.63, 3.8) is 0 Å². The smallest absolute Gasteiger partial charge is 0.341 e. The molecule has 1 N–H and O–H groups in total. The van der Waals surface area contributed by atoms with Crippen LogP contribution in [0.3, 0.4) is 0 Å². The first-order chi connectivity index (χ1) is 15.0. The maximum absolute atomic E-state index is 13.5. The third-order valence-electron chi connectivity index (χ3n) is 5.36. The Morgan fingerprint density at radius 3 is 2.55 bits per heavy atom. The third kappa shape index (κ3) is 5.20. The van der Waals surface area contributed by atoms with Crippen molar-refractivity contribution in [1.82, 2.24) is 0 Å².